The molecule has 33 heavy (non-hydrogen) atoms. The number of pyridine rings is 2. The summed E-state index contributed by atoms with van der Waals surface area (Å²) in [7, 11) is 0. The first-order chi connectivity index (χ1) is 15.9. The average Bonchev–Trinajstić information content (AvgIpc) is 3.19. The number of nitrogens with zero attached hydrogens (tertiary/aromatic N) is 3. The van der Waals surface area contributed by atoms with E-state index in [0.717, 1.165) is 16.7 Å². The molecule has 1 aromatic carbocycles. The molecule has 0 aliphatic carbocycles. The Balaban J connectivity index is 1.49. The van der Waals surface area contributed by atoms with E-state index in [0.29, 0.717) is 36.0 Å². The Morgan fingerprint density at radius 2 is 1.85 bits per heavy atom. The van der Waals surface area contributed by atoms with Gasteiger partial charge in [-0.15, -0.1) is 0 Å². The SMILES string of the molecule is CC1(C#Cc2cc3c(cn2)Oc2ccc(-c4cncc(F)c4)cc2[C@@]32COC(N)=N2)COC1. The minimum Gasteiger partial charge on any atom is -0.462 e. The number of benzene rings is 1. The van der Waals surface area contributed by atoms with Gasteiger partial charge in [0.15, 0.2) is 11.3 Å². The highest BCUT2D eigenvalue weighted by Crippen LogP contribution is 2.51. The molecule has 1 saturated heterocycles. The van der Waals surface area contributed by atoms with Crippen molar-refractivity contribution in [3.05, 3.63) is 71.6 Å². The largest absolute Gasteiger partial charge is 0.462 e. The van der Waals surface area contributed by atoms with Gasteiger partial charge in [-0.1, -0.05) is 12.0 Å². The molecule has 3 aliphatic rings. The van der Waals surface area contributed by atoms with E-state index < -0.39 is 11.4 Å². The van der Waals surface area contributed by atoms with Crippen molar-refractivity contribution in [2.45, 2.75) is 12.5 Å². The summed E-state index contributed by atoms with van der Waals surface area (Å²) >= 11 is 0. The van der Waals surface area contributed by atoms with Crippen molar-refractivity contribution in [3.63, 3.8) is 0 Å². The van der Waals surface area contributed by atoms with E-state index in [-0.39, 0.29) is 18.0 Å². The first-order valence-electron chi connectivity index (χ1n) is 10.5. The van der Waals surface area contributed by atoms with Gasteiger partial charge in [0.25, 0.3) is 6.02 Å². The van der Waals surface area contributed by atoms with Gasteiger partial charge in [-0.3, -0.25) is 4.98 Å². The fourth-order valence-corrected chi connectivity index (χ4v) is 4.27. The van der Waals surface area contributed by atoms with Crippen molar-refractivity contribution in [1.82, 2.24) is 9.97 Å². The highest BCUT2D eigenvalue weighted by Gasteiger charge is 2.47. The molecule has 1 atom stereocenters. The van der Waals surface area contributed by atoms with Gasteiger partial charge in [0.1, 0.15) is 23.9 Å². The third kappa shape index (κ3) is 3.20. The van der Waals surface area contributed by atoms with Gasteiger partial charge in [-0.25, -0.2) is 14.4 Å². The first kappa shape index (κ1) is 19.7. The second-order valence-electron chi connectivity index (χ2n) is 8.67. The van der Waals surface area contributed by atoms with Gasteiger partial charge in [0, 0.05) is 22.9 Å². The van der Waals surface area contributed by atoms with Crippen molar-refractivity contribution >= 4 is 6.02 Å². The minimum absolute atomic E-state index is 0.0928. The third-order valence-electron chi connectivity index (χ3n) is 6.06. The molecular weight excluding hydrogens is 423 g/mol. The molecule has 0 bridgehead atoms. The maximum Gasteiger partial charge on any atom is 0.283 e. The zero-order valence-corrected chi connectivity index (χ0v) is 17.8. The summed E-state index contributed by atoms with van der Waals surface area (Å²) in [4.78, 5) is 13.1. The highest BCUT2D eigenvalue weighted by atomic mass is 19.1. The van der Waals surface area contributed by atoms with Crippen LogP contribution in [0, 0.1) is 23.1 Å². The summed E-state index contributed by atoms with van der Waals surface area (Å²) in [5, 5.41) is 0. The summed E-state index contributed by atoms with van der Waals surface area (Å²) in [5.74, 6) is 7.17. The van der Waals surface area contributed by atoms with Crippen LogP contribution in [0.5, 0.6) is 11.5 Å². The fourth-order valence-electron chi connectivity index (χ4n) is 4.27. The molecule has 0 radical (unpaired) electrons. The quantitative estimate of drug-likeness (QED) is 0.581. The molecule has 1 fully saturated rings. The van der Waals surface area contributed by atoms with Crippen LogP contribution in [0.15, 0.2) is 53.9 Å². The van der Waals surface area contributed by atoms with E-state index in [4.69, 9.17) is 24.9 Å². The Labute approximate surface area is 189 Å². The number of aromatic nitrogens is 2. The maximum absolute atomic E-state index is 13.8. The van der Waals surface area contributed by atoms with Crippen molar-refractivity contribution in [2.24, 2.45) is 16.1 Å². The lowest BCUT2D eigenvalue weighted by Crippen LogP contribution is -2.38. The van der Waals surface area contributed by atoms with Crippen molar-refractivity contribution in [3.8, 4) is 34.5 Å². The van der Waals surface area contributed by atoms with Gasteiger partial charge in [-0.05, 0) is 42.7 Å². The second kappa shape index (κ2) is 7.02. The van der Waals surface area contributed by atoms with Gasteiger partial charge in [0.2, 0.25) is 0 Å². The lowest BCUT2D eigenvalue weighted by molar-refractivity contribution is -0.0648. The number of ether oxygens (including phenoxy) is 3. The molecule has 7 nitrogen and oxygen atoms in total. The van der Waals surface area contributed by atoms with Crippen molar-refractivity contribution in [2.75, 3.05) is 19.8 Å². The summed E-state index contributed by atoms with van der Waals surface area (Å²) in [6, 6.07) is 9.00. The van der Waals surface area contributed by atoms with Crippen LogP contribution in [0.4, 0.5) is 4.39 Å². The highest BCUT2D eigenvalue weighted by molar-refractivity contribution is 5.78. The molecule has 2 aromatic heterocycles. The molecule has 6 rings (SSSR count). The van der Waals surface area contributed by atoms with Crippen LogP contribution >= 0.6 is 0 Å². The molecule has 164 valence electrons. The Morgan fingerprint density at radius 1 is 1.00 bits per heavy atom. The predicted octanol–water partition coefficient (Wildman–Crippen LogP) is 3.36. The van der Waals surface area contributed by atoms with Crippen LogP contribution in [0.2, 0.25) is 0 Å². The average molecular weight is 442 g/mol. The second-order valence-corrected chi connectivity index (χ2v) is 8.67. The monoisotopic (exact) mass is 442 g/mol. The number of amidine groups is 1. The van der Waals surface area contributed by atoms with Crippen LogP contribution in [-0.2, 0) is 15.0 Å². The number of halogens is 1. The topological polar surface area (TPSA) is 91.9 Å². The predicted molar refractivity (Wildman–Crippen MR) is 118 cm³/mol. The number of aliphatic imine (C=N–C) groups is 1. The third-order valence-corrected chi connectivity index (χ3v) is 6.06. The van der Waals surface area contributed by atoms with Gasteiger partial charge in [-0.2, -0.15) is 0 Å². The molecule has 3 aliphatic heterocycles. The molecular formula is C25H19FN4O3. The van der Waals surface area contributed by atoms with E-state index in [2.05, 4.69) is 28.7 Å². The smallest absolute Gasteiger partial charge is 0.283 e. The van der Waals surface area contributed by atoms with E-state index in [1.165, 1.54) is 12.3 Å². The maximum atomic E-state index is 13.8. The number of nitrogens with two attached hydrogens (primary N) is 1. The van der Waals surface area contributed by atoms with Crippen LogP contribution in [-0.4, -0.2) is 35.8 Å². The van der Waals surface area contributed by atoms with Crippen LogP contribution in [0.25, 0.3) is 11.1 Å². The summed E-state index contributed by atoms with van der Waals surface area (Å²) in [6.07, 6.45) is 4.43. The van der Waals surface area contributed by atoms with Gasteiger partial charge < -0.3 is 19.9 Å². The Kier molecular flexibility index (Phi) is 4.19. The number of hydrogen-bond acceptors (Lipinski definition) is 7. The van der Waals surface area contributed by atoms with Gasteiger partial charge in [0.05, 0.1) is 31.0 Å². The minimum atomic E-state index is -0.924. The summed E-state index contributed by atoms with van der Waals surface area (Å²) in [5.41, 5.74) is 8.44. The zero-order valence-electron chi connectivity index (χ0n) is 17.8. The zero-order chi connectivity index (χ0) is 22.6. The van der Waals surface area contributed by atoms with Crippen molar-refractivity contribution in [1.29, 1.82) is 0 Å². The first-order valence-corrected chi connectivity index (χ1v) is 10.5. The molecule has 1 spiro atoms. The summed E-state index contributed by atoms with van der Waals surface area (Å²) < 4.78 is 30.9. The molecule has 0 amide bonds. The molecule has 3 aromatic rings. The van der Waals surface area contributed by atoms with E-state index in [1.54, 1.807) is 12.4 Å². The van der Waals surface area contributed by atoms with E-state index in [1.807, 2.05) is 24.3 Å². The van der Waals surface area contributed by atoms with Crippen LogP contribution < -0.4 is 10.5 Å². The molecule has 0 saturated carbocycles. The lowest BCUT2D eigenvalue weighted by Gasteiger charge is -2.33. The Bertz CT molecular complexity index is 1390. The molecule has 2 N–H and O–H groups in total. The standard InChI is InChI=1S/C25H19FN4O3/c1-24(12-31-13-24)5-4-18-8-20-22(11-29-18)33-21-3-2-15(16-6-17(26)10-28-9-16)7-19(21)25(20)14-32-23(27)30-25/h2-3,6-11H,12-14H2,1H3,(H2,27,30)/t25-/m0/s1. The Hall–Kier alpha value is -3.96. The molecule has 8 heteroatoms. The van der Waals surface area contributed by atoms with Crippen LogP contribution in [0.1, 0.15) is 23.7 Å². The Morgan fingerprint density at radius 3 is 2.58 bits per heavy atom. The fraction of sp³-hybridized carbons (Fsp3) is 0.240. The van der Waals surface area contributed by atoms with Crippen molar-refractivity contribution < 1.29 is 18.6 Å². The van der Waals surface area contributed by atoms with Crippen LogP contribution in [0.3, 0.4) is 0 Å². The number of rotatable bonds is 1. The molecule has 0 unspecified atom stereocenters. The number of hydrogen-bond donors (Lipinski definition) is 1. The lowest BCUT2D eigenvalue weighted by atomic mass is 9.80. The number of fused-ring (bicyclic) bond motifs is 4. The normalized spacial score (nSPS) is 21.5. The summed E-state index contributed by atoms with van der Waals surface area (Å²) in [6.45, 7) is 3.48. The van der Waals surface area contributed by atoms with E-state index in [9.17, 15) is 4.39 Å². The molecule has 5 heterocycles. The van der Waals surface area contributed by atoms with E-state index >= 15 is 0 Å². The van der Waals surface area contributed by atoms with Gasteiger partial charge >= 0.3 is 0 Å².